The van der Waals surface area contributed by atoms with E-state index in [0.29, 0.717) is 22.6 Å². The van der Waals surface area contributed by atoms with Crippen molar-refractivity contribution in [1.29, 1.82) is 0 Å². The van der Waals surface area contributed by atoms with Gasteiger partial charge in [-0.1, -0.05) is 12.1 Å². The highest BCUT2D eigenvalue weighted by Crippen LogP contribution is 2.42. The number of para-hydroxylation sites is 1. The van der Waals surface area contributed by atoms with Crippen molar-refractivity contribution < 1.29 is 8.78 Å². The summed E-state index contributed by atoms with van der Waals surface area (Å²) in [5.41, 5.74) is 0.125. The molecular weight excluding hydrogens is 384 g/mol. The normalized spacial score (nSPS) is 19.8. The van der Waals surface area contributed by atoms with Crippen LogP contribution >= 0.6 is 11.5 Å². The van der Waals surface area contributed by atoms with Gasteiger partial charge in [0.2, 0.25) is 5.13 Å². The van der Waals surface area contributed by atoms with Crippen LogP contribution in [0.3, 0.4) is 0 Å². The van der Waals surface area contributed by atoms with Gasteiger partial charge in [-0.25, -0.2) is 18.7 Å². The van der Waals surface area contributed by atoms with Gasteiger partial charge in [-0.05, 0) is 37.8 Å². The van der Waals surface area contributed by atoms with Gasteiger partial charge in [0.05, 0.1) is 23.5 Å². The largest absolute Gasteiger partial charge is 0.337 e. The number of hydrogen-bond acceptors (Lipinski definition) is 6. The quantitative estimate of drug-likeness (QED) is 0.650. The number of benzene rings is 1. The number of anilines is 1. The van der Waals surface area contributed by atoms with Crippen molar-refractivity contribution >= 4 is 27.6 Å². The van der Waals surface area contributed by atoms with E-state index in [9.17, 15) is 13.6 Å². The Morgan fingerprint density at radius 3 is 2.79 bits per heavy atom. The monoisotopic (exact) mass is 403 g/mol. The first-order valence-electron chi connectivity index (χ1n) is 9.49. The minimum Gasteiger partial charge on any atom is -0.337 e. The molecule has 1 saturated heterocycles. The molecule has 1 saturated carbocycles. The highest BCUT2D eigenvalue weighted by atomic mass is 32.1. The van der Waals surface area contributed by atoms with Gasteiger partial charge >= 0.3 is 0 Å². The van der Waals surface area contributed by atoms with Crippen LogP contribution in [0.2, 0.25) is 0 Å². The molecule has 2 aromatic heterocycles. The lowest BCUT2D eigenvalue weighted by molar-refractivity contribution is 0.123. The molecule has 1 aromatic carbocycles. The lowest BCUT2D eigenvalue weighted by Gasteiger charge is -2.25. The number of hydrogen-bond donors (Lipinski definition) is 0. The Morgan fingerprint density at radius 1 is 1.18 bits per heavy atom. The van der Waals surface area contributed by atoms with Crippen molar-refractivity contribution in [2.75, 3.05) is 11.4 Å². The number of rotatable bonds is 5. The first-order chi connectivity index (χ1) is 13.6. The van der Waals surface area contributed by atoms with Gasteiger partial charge in [-0.15, -0.1) is 0 Å². The molecule has 3 aromatic rings. The fourth-order valence-electron chi connectivity index (χ4n) is 3.87. The molecule has 0 N–H and O–H groups in total. The van der Waals surface area contributed by atoms with Crippen LogP contribution in [0.25, 0.3) is 10.9 Å². The molecule has 6 nitrogen and oxygen atoms in total. The van der Waals surface area contributed by atoms with Crippen molar-refractivity contribution in [1.82, 2.24) is 18.9 Å². The molecule has 0 bridgehead atoms. The fraction of sp³-hybridized carbons (Fsp3) is 0.474. The van der Waals surface area contributed by atoms with Gasteiger partial charge in [0, 0.05) is 24.0 Å². The number of fused-ring (bicyclic) bond motifs is 1. The van der Waals surface area contributed by atoms with Crippen molar-refractivity contribution in [3.63, 3.8) is 0 Å². The lowest BCUT2D eigenvalue weighted by Crippen LogP contribution is -2.33. The zero-order valence-corrected chi connectivity index (χ0v) is 15.9. The minimum atomic E-state index is -2.63. The molecule has 2 aliphatic rings. The predicted molar refractivity (Wildman–Crippen MR) is 103 cm³/mol. The molecule has 5 rings (SSSR count). The van der Waals surface area contributed by atoms with Crippen LogP contribution in [0.15, 0.2) is 29.1 Å². The SMILES string of the molecule is O=c1c2ccccc2nc(C2CCCN2c2nc(C3CC3)ns2)n1CC(F)F. The molecule has 28 heavy (non-hydrogen) atoms. The molecule has 0 spiro atoms. The van der Waals surface area contributed by atoms with E-state index in [1.54, 1.807) is 24.3 Å². The molecule has 3 heterocycles. The van der Waals surface area contributed by atoms with Crippen LogP contribution in [-0.2, 0) is 6.54 Å². The summed E-state index contributed by atoms with van der Waals surface area (Å²) in [5.74, 6) is 1.73. The van der Waals surface area contributed by atoms with E-state index < -0.39 is 18.5 Å². The molecule has 0 amide bonds. The molecule has 1 aliphatic carbocycles. The third-order valence-electron chi connectivity index (χ3n) is 5.38. The summed E-state index contributed by atoms with van der Waals surface area (Å²) in [7, 11) is 0. The van der Waals surface area contributed by atoms with Crippen LogP contribution in [0, 0.1) is 0 Å². The second-order valence-corrected chi connectivity index (χ2v) is 8.09. The topological polar surface area (TPSA) is 63.9 Å². The average molecular weight is 403 g/mol. The molecular formula is C19H19F2N5OS. The summed E-state index contributed by atoms with van der Waals surface area (Å²) in [6, 6.07) is 6.66. The molecule has 1 aliphatic heterocycles. The van der Waals surface area contributed by atoms with Crippen molar-refractivity contribution in [3.8, 4) is 0 Å². The first-order valence-corrected chi connectivity index (χ1v) is 10.3. The van der Waals surface area contributed by atoms with Gasteiger partial charge in [-0.3, -0.25) is 9.36 Å². The van der Waals surface area contributed by atoms with Crippen LogP contribution in [-0.4, -0.2) is 31.9 Å². The van der Waals surface area contributed by atoms with Crippen LogP contribution in [0.4, 0.5) is 13.9 Å². The maximum absolute atomic E-state index is 13.3. The molecule has 9 heteroatoms. The Balaban J connectivity index is 1.60. The Labute approximate surface area is 164 Å². The van der Waals surface area contributed by atoms with Gasteiger partial charge < -0.3 is 4.90 Å². The predicted octanol–water partition coefficient (Wildman–Crippen LogP) is 3.73. The maximum atomic E-state index is 13.3. The molecule has 146 valence electrons. The Bertz CT molecular complexity index is 1080. The Morgan fingerprint density at radius 2 is 2.00 bits per heavy atom. The smallest absolute Gasteiger partial charge is 0.261 e. The van der Waals surface area contributed by atoms with Crippen molar-refractivity contribution in [2.45, 2.75) is 50.6 Å². The van der Waals surface area contributed by atoms with E-state index in [-0.39, 0.29) is 6.04 Å². The lowest BCUT2D eigenvalue weighted by atomic mass is 10.1. The number of alkyl halides is 2. The van der Waals surface area contributed by atoms with Crippen molar-refractivity contribution in [2.24, 2.45) is 0 Å². The van der Waals surface area contributed by atoms with E-state index >= 15 is 0 Å². The van der Waals surface area contributed by atoms with Gasteiger partial charge in [0.1, 0.15) is 11.6 Å². The number of halogens is 2. The average Bonchev–Trinajstić information content (AvgIpc) is 3.22. The number of nitrogens with zero attached hydrogens (tertiary/aromatic N) is 5. The highest BCUT2D eigenvalue weighted by molar-refractivity contribution is 7.09. The summed E-state index contributed by atoms with van der Waals surface area (Å²) in [6.45, 7) is 0.0983. The number of aromatic nitrogens is 4. The summed E-state index contributed by atoms with van der Waals surface area (Å²) in [6.07, 6.45) is 1.25. The van der Waals surface area contributed by atoms with Gasteiger partial charge in [0.15, 0.2) is 0 Å². The van der Waals surface area contributed by atoms with E-state index in [0.717, 1.165) is 47.8 Å². The van der Waals surface area contributed by atoms with E-state index in [4.69, 9.17) is 0 Å². The zero-order chi connectivity index (χ0) is 19.3. The van der Waals surface area contributed by atoms with Gasteiger partial charge in [-0.2, -0.15) is 4.37 Å². The summed E-state index contributed by atoms with van der Waals surface area (Å²) < 4.78 is 32.2. The fourth-order valence-corrected chi connectivity index (χ4v) is 4.69. The van der Waals surface area contributed by atoms with E-state index in [1.165, 1.54) is 11.5 Å². The van der Waals surface area contributed by atoms with Crippen LogP contribution < -0.4 is 10.5 Å². The van der Waals surface area contributed by atoms with Crippen LogP contribution in [0.5, 0.6) is 0 Å². The van der Waals surface area contributed by atoms with E-state index in [2.05, 4.69) is 19.2 Å². The molecule has 0 radical (unpaired) electrons. The summed E-state index contributed by atoms with van der Waals surface area (Å²) in [5, 5.41) is 1.15. The summed E-state index contributed by atoms with van der Waals surface area (Å²) in [4.78, 5) is 24.3. The second-order valence-electron chi connectivity index (χ2n) is 7.35. The summed E-state index contributed by atoms with van der Waals surface area (Å²) >= 11 is 1.34. The van der Waals surface area contributed by atoms with E-state index in [1.807, 2.05) is 0 Å². The Kier molecular flexibility index (Phi) is 4.34. The minimum absolute atomic E-state index is 0.254. The third-order valence-corrected chi connectivity index (χ3v) is 6.15. The molecule has 1 unspecified atom stereocenters. The first kappa shape index (κ1) is 17.7. The highest BCUT2D eigenvalue weighted by Gasteiger charge is 2.35. The Hall–Kier alpha value is -2.42. The standard InChI is InChI=1S/C19H19F2N5OS/c20-15(21)10-26-17(22-13-5-2-1-4-12(13)18(26)27)14-6-3-9-25(14)19-23-16(24-28-19)11-7-8-11/h1-2,4-5,11,14-15H,3,6-10H2. The van der Waals surface area contributed by atoms with Gasteiger partial charge in [0.25, 0.3) is 12.0 Å². The third kappa shape index (κ3) is 3.07. The van der Waals surface area contributed by atoms with Crippen molar-refractivity contribution in [3.05, 3.63) is 46.3 Å². The molecule has 1 atom stereocenters. The van der Waals surface area contributed by atoms with Crippen LogP contribution in [0.1, 0.15) is 49.3 Å². The second kappa shape index (κ2) is 6.88. The molecule has 2 fully saturated rings. The zero-order valence-electron chi connectivity index (χ0n) is 15.1. The maximum Gasteiger partial charge on any atom is 0.261 e.